The maximum absolute atomic E-state index is 11.9. The average Bonchev–Trinajstić information content (AvgIpc) is 2.64. The van der Waals surface area contributed by atoms with Gasteiger partial charge in [0.15, 0.2) is 0 Å². The number of nitrogens with zero attached hydrogens (tertiary/aromatic N) is 2. The van der Waals surface area contributed by atoms with E-state index >= 15 is 0 Å². The minimum Gasteiger partial charge on any atom is -0.336 e. The van der Waals surface area contributed by atoms with E-state index in [-0.39, 0.29) is 18.0 Å². The maximum atomic E-state index is 11.9. The number of nitrogens with one attached hydrogen (secondary N) is 2. The van der Waals surface area contributed by atoms with Gasteiger partial charge in [-0.25, -0.2) is 19.7 Å². The van der Waals surface area contributed by atoms with Crippen molar-refractivity contribution in [3.8, 4) is 0 Å². The summed E-state index contributed by atoms with van der Waals surface area (Å²) in [6, 6.07) is -1.28. The van der Waals surface area contributed by atoms with Gasteiger partial charge in [0.2, 0.25) is 0 Å². The zero-order valence-corrected chi connectivity index (χ0v) is 17.0. The fraction of sp³-hybridized carbons (Fsp3) is 0.889. The molecule has 0 fully saturated rings. The van der Waals surface area contributed by atoms with Crippen molar-refractivity contribution in [2.75, 3.05) is 13.1 Å². The molecule has 0 aliphatic heterocycles. The molecular formula is C18H38N4O4. The number of carbonyl (C=O) groups excluding carboxylic acids is 2. The third kappa shape index (κ3) is 8.71. The lowest BCUT2D eigenvalue weighted by Crippen LogP contribution is -2.45. The minimum absolute atomic E-state index is 0.166. The van der Waals surface area contributed by atoms with Crippen molar-refractivity contribution >= 4 is 12.1 Å². The fourth-order valence-electron chi connectivity index (χ4n) is 2.77. The van der Waals surface area contributed by atoms with Crippen molar-refractivity contribution in [2.45, 2.75) is 85.2 Å². The van der Waals surface area contributed by atoms with Gasteiger partial charge in [0.1, 0.15) is 0 Å². The zero-order valence-electron chi connectivity index (χ0n) is 17.0. The monoisotopic (exact) mass is 374 g/mol. The van der Waals surface area contributed by atoms with Gasteiger partial charge in [-0.2, -0.15) is 0 Å². The molecular weight excluding hydrogens is 336 g/mol. The molecule has 0 aliphatic rings. The molecule has 0 aromatic rings. The molecule has 0 saturated carbocycles. The van der Waals surface area contributed by atoms with Gasteiger partial charge >= 0.3 is 12.1 Å². The first kappa shape index (κ1) is 24.5. The second-order valence-electron chi connectivity index (χ2n) is 6.80. The molecule has 0 rings (SSSR count). The molecule has 1 atom stereocenters. The Labute approximate surface area is 157 Å². The van der Waals surface area contributed by atoms with Crippen LogP contribution in [-0.2, 0) is 0 Å². The predicted octanol–water partition coefficient (Wildman–Crippen LogP) is 3.58. The van der Waals surface area contributed by atoms with E-state index < -0.39 is 12.1 Å². The van der Waals surface area contributed by atoms with E-state index in [0.717, 1.165) is 23.0 Å². The summed E-state index contributed by atoms with van der Waals surface area (Å²) in [4.78, 5) is 23.7. The minimum atomic E-state index is -0.472. The third-order valence-corrected chi connectivity index (χ3v) is 4.74. The zero-order chi connectivity index (χ0) is 20.1. The van der Waals surface area contributed by atoms with E-state index in [2.05, 4.69) is 10.6 Å². The lowest BCUT2D eigenvalue weighted by Gasteiger charge is -2.25. The first-order valence-electron chi connectivity index (χ1n) is 9.83. The number of hydrogen-bond donors (Lipinski definition) is 4. The standard InChI is InChI=1S/C18H38N4O4/c1-6-15(7-2)21(25)17(23)19-12-10-11-14(5)13-20-18(24)22(26)16(8-3)9-4/h14-16,25-26H,6-13H2,1-5H3,(H,19,23)(H,20,24). The highest BCUT2D eigenvalue weighted by molar-refractivity contribution is 5.73. The molecule has 0 bridgehead atoms. The lowest BCUT2D eigenvalue weighted by atomic mass is 10.1. The van der Waals surface area contributed by atoms with Crippen molar-refractivity contribution < 1.29 is 20.0 Å². The Morgan fingerprint density at radius 1 is 0.846 bits per heavy atom. The van der Waals surface area contributed by atoms with Crippen LogP contribution in [0.2, 0.25) is 0 Å². The van der Waals surface area contributed by atoms with Crippen molar-refractivity contribution in [3.63, 3.8) is 0 Å². The van der Waals surface area contributed by atoms with Crippen LogP contribution >= 0.6 is 0 Å². The Kier molecular flexibility index (Phi) is 12.8. The Bertz CT molecular complexity index is 401. The van der Waals surface area contributed by atoms with Crippen molar-refractivity contribution in [3.05, 3.63) is 0 Å². The molecule has 8 nitrogen and oxygen atoms in total. The Morgan fingerprint density at radius 3 is 1.69 bits per heavy atom. The summed E-state index contributed by atoms with van der Waals surface area (Å²) >= 11 is 0. The van der Waals surface area contributed by atoms with Crippen molar-refractivity contribution in [1.82, 2.24) is 20.8 Å². The summed E-state index contributed by atoms with van der Waals surface area (Å²) in [5.41, 5.74) is 0. The number of urea groups is 2. The molecule has 1 unspecified atom stereocenters. The summed E-state index contributed by atoms with van der Waals surface area (Å²) in [6.07, 6.45) is 4.37. The van der Waals surface area contributed by atoms with Gasteiger partial charge in [-0.15, -0.1) is 0 Å². The second-order valence-corrected chi connectivity index (χ2v) is 6.80. The average molecular weight is 375 g/mol. The van der Waals surface area contributed by atoms with Gasteiger partial charge < -0.3 is 10.6 Å². The summed E-state index contributed by atoms with van der Waals surface area (Å²) in [6.45, 7) is 10.6. The SMILES string of the molecule is CCC(CC)N(O)C(=O)NCCCC(C)CNC(=O)N(O)C(CC)CC. The van der Waals surface area contributed by atoms with Crippen LogP contribution < -0.4 is 10.6 Å². The molecule has 0 aromatic heterocycles. The number of hydrogen-bond acceptors (Lipinski definition) is 4. The first-order chi connectivity index (χ1) is 12.3. The highest BCUT2D eigenvalue weighted by Crippen LogP contribution is 2.08. The van der Waals surface area contributed by atoms with Crippen molar-refractivity contribution in [2.24, 2.45) is 5.92 Å². The Morgan fingerprint density at radius 2 is 1.27 bits per heavy atom. The van der Waals surface area contributed by atoms with Crippen LogP contribution in [0.15, 0.2) is 0 Å². The molecule has 0 heterocycles. The lowest BCUT2D eigenvalue weighted by molar-refractivity contribution is -0.0802. The topological polar surface area (TPSA) is 105 Å². The van der Waals surface area contributed by atoms with Crippen LogP contribution in [0, 0.1) is 5.92 Å². The summed E-state index contributed by atoms with van der Waals surface area (Å²) in [5.74, 6) is 0.218. The maximum Gasteiger partial charge on any atom is 0.341 e. The quantitative estimate of drug-likeness (QED) is 0.238. The molecule has 0 radical (unpaired) electrons. The van der Waals surface area contributed by atoms with Gasteiger partial charge in [-0.1, -0.05) is 34.6 Å². The molecule has 8 heteroatoms. The molecule has 4 N–H and O–H groups in total. The van der Waals surface area contributed by atoms with E-state index in [1.807, 2.05) is 34.6 Å². The summed E-state index contributed by atoms with van der Waals surface area (Å²) in [7, 11) is 0. The van der Waals surface area contributed by atoms with Gasteiger partial charge in [0, 0.05) is 13.1 Å². The van der Waals surface area contributed by atoms with Crippen molar-refractivity contribution in [1.29, 1.82) is 0 Å². The van der Waals surface area contributed by atoms with E-state index in [4.69, 9.17) is 0 Å². The van der Waals surface area contributed by atoms with Crippen LogP contribution in [0.4, 0.5) is 9.59 Å². The normalized spacial score (nSPS) is 12.2. The van der Waals surface area contributed by atoms with Gasteiger partial charge in [-0.3, -0.25) is 10.4 Å². The predicted molar refractivity (Wildman–Crippen MR) is 101 cm³/mol. The smallest absolute Gasteiger partial charge is 0.336 e. The molecule has 26 heavy (non-hydrogen) atoms. The van der Waals surface area contributed by atoms with Crippen LogP contribution in [0.3, 0.4) is 0 Å². The molecule has 0 spiro atoms. The highest BCUT2D eigenvalue weighted by Gasteiger charge is 2.20. The Hall–Kier alpha value is -1.54. The summed E-state index contributed by atoms with van der Waals surface area (Å²) < 4.78 is 0. The van der Waals surface area contributed by atoms with Crippen LogP contribution in [0.5, 0.6) is 0 Å². The number of amides is 4. The van der Waals surface area contributed by atoms with Gasteiger partial charge in [0.25, 0.3) is 0 Å². The third-order valence-electron chi connectivity index (χ3n) is 4.74. The number of carbonyl (C=O) groups is 2. The van der Waals surface area contributed by atoms with Crippen LogP contribution in [0.25, 0.3) is 0 Å². The van der Waals surface area contributed by atoms with E-state index in [0.29, 0.717) is 38.8 Å². The Balaban J connectivity index is 4.01. The molecule has 0 aromatic carbocycles. The van der Waals surface area contributed by atoms with E-state index in [9.17, 15) is 20.0 Å². The van der Waals surface area contributed by atoms with E-state index in [1.165, 1.54) is 0 Å². The summed E-state index contributed by atoms with van der Waals surface area (Å²) in [5, 5.41) is 26.6. The first-order valence-corrected chi connectivity index (χ1v) is 9.83. The second kappa shape index (κ2) is 13.6. The van der Waals surface area contributed by atoms with Gasteiger partial charge in [0.05, 0.1) is 12.1 Å². The molecule has 154 valence electrons. The fourth-order valence-corrected chi connectivity index (χ4v) is 2.77. The highest BCUT2D eigenvalue weighted by atomic mass is 16.5. The van der Waals surface area contributed by atoms with E-state index in [1.54, 1.807) is 0 Å². The molecule has 0 aliphatic carbocycles. The van der Waals surface area contributed by atoms with Crippen LogP contribution in [-0.4, -0.2) is 57.8 Å². The van der Waals surface area contributed by atoms with Gasteiger partial charge in [-0.05, 0) is 44.4 Å². The largest absolute Gasteiger partial charge is 0.341 e. The number of rotatable bonds is 12. The molecule has 4 amide bonds. The van der Waals surface area contributed by atoms with Crippen LogP contribution in [0.1, 0.15) is 73.1 Å². The molecule has 0 saturated heterocycles. The number of hydroxylamine groups is 4.